The molecule has 0 saturated heterocycles. The van der Waals surface area contributed by atoms with Crippen molar-refractivity contribution in [2.45, 2.75) is 33.4 Å². The van der Waals surface area contributed by atoms with Crippen LogP contribution in [-0.2, 0) is 6.54 Å². The number of carbonyl (C=O) groups is 1. The molecule has 0 atom stereocenters. The van der Waals surface area contributed by atoms with Crippen molar-refractivity contribution in [3.8, 4) is 0 Å². The SMILES string of the molecule is Cc1ccccc1CNc1ccnc(C(=O)NC(C)C)c1. The summed E-state index contributed by atoms with van der Waals surface area (Å²) in [5.41, 5.74) is 3.81. The summed E-state index contributed by atoms with van der Waals surface area (Å²) in [7, 11) is 0. The van der Waals surface area contributed by atoms with E-state index in [2.05, 4.69) is 34.7 Å². The van der Waals surface area contributed by atoms with Crippen molar-refractivity contribution < 1.29 is 4.79 Å². The number of aryl methyl sites for hydroxylation is 1. The number of amides is 1. The van der Waals surface area contributed by atoms with Crippen molar-refractivity contribution in [1.29, 1.82) is 0 Å². The number of hydrogen-bond acceptors (Lipinski definition) is 3. The van der Waals surface area contributed by atoms with E-state index in [1.807, 2.05) is 32.0 Å². The molecule has 4 nitrogen and oxygen atoms in total. The normalized spacial score (nSPS) is 10.5. The maximum Gasteiger partial charge on any atom is 0.270 e. The molecule has 0 spiro atoms. The first-order valence-corrected chi connectivity index (χ1v) is 7.11. The number of rotatable bonds is 5. The molecule has 0 bridgehead atoms. The van der Waals surface area contributed by atoms with Gasteiger partial charge in [0, 0.05) is 24.5 Å². The van der Waals surface area contributed by atoms with E-state index < -0.39 is 0 Å². The fourth-order valence-electron chi connectivity index (χ4n) is 2.01. The molecule has 110 valence electrons. The maximum absolute atomic E-state index is 11.9. The predicted molar refractivity (Wildman–Crippen MR) is 85.3 cm³/mol. The molecule has 1 aromatic heterocycles. The molecule has 0 radical (unpaired) electrons. The number of carbonyl (C=O) groups excluding carboxylic acids is 1. The van der Waals surface area contributed by atoms with Gasteiger partial charge in [-0.15, -0.1) is 0 Å². The van der Waals surface area contributed by atoms with Crippen LogP contribution < -0.4 is 10.6 Å². The molecule has 0 saturated carbocycles. The molecule has 1 aromatic carbocycles. The molecule has 2 N–H and O–H groups in total. The molecule has 21 heavy (non-hydrogen) atoms. The lowest BCUT2D eigenvalue weighted by Crippen LogP contribution is -2.30. The van der Waals surface area contributed by atoms with Crippen LogP contribution in [0.4, 0.5) is 5.69 Å². The van der Waals surface area contributed by atoms with Crippen LogP contribution in [0.1, 0.15) is 35.5 Å². The maximum atomic E-state index is 11.9. The molecule has 0 fully saturated rings. The zero-order valence-electron chi connectivity index (χ0n) is 12.7. The number of nitrogens with one attached hydrogen (secondary N) is 2. The molecular formula is C17H21N3O. The summed E-state index contributed by atoms with van der Waals surface area (Å²) in [5.74, 6) is -0.149. The summed E-state index contributed by atoms with van der Waals surface area (Å²) < 4.78 is 0. The Hall–Kier alpha value is -2.36. The lowest BCUT2D eigenvalue weighted by Gasteiger charge is -2.11. The Morgan fingerprint density at radius 3 is 2.71 bits per heavy atom. The zero-order chi connectivity index (χ0) is 15.2. The van der Waals surface area contributed by atoms with Crippen LogP contribution >= 0.6 is 0 Å². The van der Waals surface area contributed by atoms with Crippen molar-refractivity contribution in [2.75, 3.05) is 5.32 Å². The first kappa shape index (κ1) is 15.0. The van der Waals surface area contributed by atoms with Gasteiger partial charge >= 0.3 is 0 Å². The molecule has 0 aliphatic carbocycles. The second-order valence-corrected chi connectivity index (χ2v) is 5.34. The Morgan fingerprint density at radius 1 is 1.24 bits per heavy atom. The highest BCUT2D eigenvalue weighted by molar-refractivity contribution is 5.93. The largest absolute Gasteiger partial charge is 0.381 e. The average molecular weight is 283 g/mol. The van der Waals surface area contributed by atoms with Crippen molar-refractivity contribution in [1.82, 2.24) is 10.3 Å². The van der Waals surface area contributed by atoms with Crippen LogP contribution in [0.15, 0.2) is 42.6 Å². The Labute approximate surface area is 125 Å². The summed E-state index contributed by atoms with van der Waals surface area (Å²) in [4.78, 5) is 16.0. The highest BCUT2D eigenvalue weighted by Gasteiger charge is 2.09. The van der Waals surface area contributed by atoms with Gasteiger partial charge in [-0.2, -0.15) is 0 Å². The molecule has 1 heterocycles. The monoisotopic (exact) mass is 283 g/mol. The minimum absolute atomic E-state index is 0.0999. The van der Waals surface area contributed by atoms with E-state index in [1.165, 1.54) is 11.1 Å². The lowest BCUT2D eigenvalue weighted by molar-refractivity contribution is 0.0938. The Morgan fingerprint density at radius 2 is 2.00 bits per heavy atom. The second-order valence-electron chi connectivity index (χ2n) is 5.34. The number of nitrogens with zero attached hydrogens (tertiary/aromatic N) is 1. The zero-order valence-corrected chi connectivity index (χ0v) is 12.7. The third-order valence-electron chi connectivity index (χ3n) is 3.16. The summed E-state index contributed by atoms with van der Waals surface area (Å²) in [6.07, 6.45) is 1.65. The Kier molecular flexibility index (Phi) is 4.93. The van der Waals surface area contributed by atoms with Gasteiger partial charge in [0.15, 0.2) is 0 Å². The van der Waals surface area contributed by atoms with Gasteiger partial charge in [0.1, 0.15) is 5.69 Å². The molecule has 0 unspecified atom stereocenters. The number of hydrogen-bond donors (Lipinski definition) is 2. The second kappa shape index (κ2) is 6.88. The average Bonchev–Trinajstić information content (AvgIpc) is 2.46. The topological polar surface area (TPSA) is 54.0 Å². The van der Waals surface area contributed by atoms with Crippen molar-refractivity contribution in [3.63, 3.8) is 0 Å². The van der Waals surface area contributed by atoms with E-state index >= 15 is 0 Å². The Balaban J connectivity index is 2.04. The van der Waals surface area contributed by atoms with Crippen LogP contribution in [0, 0.1) is 6.92 Å². The van der Waals surface area contributed by atoms with E-state index in [0.717, 1.165) is 12.2 Å². The van der Waals surface area contributed by atoms with Crippen molar-refractivity contribution in [3.05, 3.63) is 59.4 Å². The van der Waals surface area contributed by atoms with Gasteiger partial charge in [-0.25, -0.2) is 0 Å². The van der Waals surface area contributed by atoms with E-state index in [0.29, 0.717) is 5.69 Å². The smallest absolute Gasteiger partial charge is 0.270 e. The fraction of sp³-hybridized carbons (Fsp3) is 0.294. The van der Waals surface area contributed by atoms with E-state index in [4.69, 9.17) is 0 Å². The van der Waals surface area contributed by atoms with Gasteiger partial charge in [-0.05, 0) is 44.0 Å². The molecular weight excluding hydrogens is 262 g/mol. The third-order valence-corrected chi connectivity index (χ3v) is 3.16. The molecule has 0 aliphatic rings. The molecule has 4 heteroatoms. The van der Waals surface area contributed by atoms with Crippen molar-refractivity contribution >= 4 is 11.6 Å². The van der Waals surface area contributed by atoms with Gasteiger partial charge in [0.2, 0.25) is 0 Å². The lowest BCUT2D eigenvalue weighted by atomic mass is 10.1. The van der Waals surface area contributed by atoms with Gasteiger partial charge in [0.25, 0.3) is 5.91 Å². The molecule has 1 amide bonds. The van der Waals surface area contributed by atoms with Crippen LogP contribution in [0.2, 0.25) is 0 Å². The summed E-state index contributed by atoms with van der Waals surface area (Å²) in [5, 5.41) is 6.17. The number of benzene rings is 1. The van der Waals surface area contributed by atoms with Crippen LogP contribution in [0.5, 0.6) is 0 Å². The van der Waals surface area contributed by atoms with Gasteiger partial charge in [0.05, 0.1) is 0 Å². The van der Waals surface area contributed by atoms with E-state index in [1.54, 1.807) is 12.3 Å². The fourth-order valence-corrected chi connectivity index (χ4v) is 2.01. The standard InChI is InChI=1S/C17H21N3O/c1-12(2)20-17(21)16-10-15(8-9-18-16)19-11-14-7-5-4-6-13(14)3/h4-10,12H,11H2,1-3H3,(H,18,19)(H,20,21). The van der Waals surface area contributed by atoms with Gasteiger partial charge < -0.3 is 10.6 Å². The summed E-state index contributed by atoms with van der Waals surface area (Å²) in [6, 6.07) is 12.0. The summed E-state index contributed by atoms with van der Waals surface area (Å²) >= 11 is 0. The molecule has 2 aromatic rings. The van der Waals surface area contributed by atoms with E-state index in [9.17, 15) is 4.79 Å². The molecule has 2 rings (SSSR count). The highest BCUT2D eigenvalue weighted by Crippen LogP contribution is 2.12. The van der Waals surface area contributed by atoms with Gasteiger partial charge in [-0.1, -0.05) is 24.3 Å². The Bertz CT molecular complexity index is 623. The third kappa shape index (κ3) is 4.31. The predicted octanol–water partition coefficient (Wildman–Crippen LogP) is 3.14. The quantitative estimate of drug-likeness (QED) is 0.886. The van der Waals surface area contributed by atoms with Crippen LogP contribution in [-0.4, -0.2) is 16.9 Å². The highest BCUT2D eigenvalue weighted by atomic mass is 16.1. The summed E-state index contributed by atoms with van der Waals surface area (Å²) in [6.45, 7) is 6.67. The van der Waals surface area contributed by atoms with Crippen LogP contribution in [0.3, 0.4) is 0 Å². The molecule has 0 aliphatic heterocycles. The van der Waals surface area contributed by atoms with E-state index in [-0.39, 0.29) is 11.9 Å². The first-order valence-electron chi connectivity index (χ1n) is 7.11. The number of aromatic nitrogens is 1. The minimum atomic E-state index is -0.149. The van der Waals surface area contributed by atoms with Crippen molar-refractivity contribution in [2.24, 2.45) is 0 Å². The number of pyridine rings is 1. The van der Waals surface area contributed by atoms with Gasteiger partial charge in [-0.3, -0.25) is 9.78 Å². The first-order chi connectivity index (χ1) is 10.1. The van der Waals surface area contributed by atoms with Crippen LogP contribution in [0.25, 0.3) is 0 Å². The number of anilines is 1. The minimum Gasteiger partial charge on any atom is -0.381 e.